The number of fused-ring (bicyclic) bond motifs is 1. The minimum Gasteiger partial charge on any atom is -0.464 e. The Morgan fingerprint density at radius 1 is 1.12 bits per heavy atom. The van der Waals surface area contributed by atoms with Crippen molar-refractivity contribution in [2.75, 3.05) is 13.2 Å². The molecule has 1 aromatic heterocycles. The van der Waals surface area contributed by atoms with E-state index in [1.54, 1.807) is 6.26 Å². The van der Waals surface area contributed by atoms with Crippen LogP contribution >= 0.6 is 0 Å². The molecular weight excluding hydrogens is 326 g/mol. The molecule has 136 valence electrons. The van der Waals surface area contributed by atoms with Gasteiger partial charge in [-0.05, 0) is 49.1 Å². The summed E-state index contributed by atoms with van der Waals surface area (Å²) in [5.41, 5.74) is 5.33. The molecule has 1 heterocycles. The summed E-state index contributed by atoms with van der Waals surface area (Å²) in [5, 5.41) is 3.97. The molecule has 4 heteroatoms. The predicted octanol–water partition coefficient (Wildman–Crippen LogP) is 4.32. The Labute approximate surface area is 154 Å². The van der Waals surface area contributed by atoms with Crippen LogP contribution in [0.2, 0.25) is 0 Å². The van der Waals surface area contributed by atoms with Crippen LogP contribution in [0.25, 0.3) is 11.0 Å². The Hall–Kier alpha value is -2.59. The van der Waals surface area contributed by atoms with Crippen LogP contribution in [0.15, 0.2) is 53.1 Å². The predicted molar refractivity (Wildman–Crippen MR) is 103 cm³/mol. The summed E-state index contributed by atoms with van der Waals surface area (Å²) in [6.07, 6.45) is 2.81. The number of aryl methyl sites for hydroxylation is 2. The van der Waals surface area contributed by atoms with Crippen molar-refractivity contribution in [3.8, 4) is 0 Å². The lowest BCUT2D eigenvalue weighted by Crippen LogP contribution is -2.26. The Bertz CT molecular complexity index is 868. The van der Waals surface area contributed by atoms with Crippen LogP contribution in [0.4, 0.5) is 0 Å². The maximum absolute atomic E-state index is 12.2. The summed E-state index contributed by atoms with van der Waals surface area (Å²) in [6, 6.07) is 14.2. The molecule has 2 aromatic carbocycles. The molecular formula is C22H25NO3. The average molecular weight is 351 g/mol. The lowest BCUT2D eigenvalue weighted by atomic mass is 10.0. The quantitative estimate of drug-likeness (QED) is 0.615. The van der Waals surface area contributed by atoms with Crippen molar-refractivity contribution in [2.24, 2.45) is 0 Å². The number of carbonyl (C=O) groups is 1. The van der Waals surface area contributed by atoms with Gasteiger partial charge in [-0.3, -0.25) is 4.79 Å². The van der Waals surface area contributed by atoms with E-state index in [0.717, 1.165) is 28.5 Å². The van der Waals surface area contributed by atoms with E-state index < -0.39 is 0 Å². The molecule has 0 atom stereocenters. The number of hydrogen-bond acceptors (Lipinski definition) is 3. The Balaban J connectivity index is 1.40. The molecule has 0 bridgehead atoms. The number of amides is 1. The normalized spacial score (nSPS) is 11.0. The molecule has 0 saturated carbocycles. The largest absolute Gasteiger partial charge is 0.464 e. The molecule has 1 amide bonds. The van der Waals surface area contributed by atoms with E-state index in [4.69, 9.17) is 9.15 Å². The SMILES string of the molecule is Cc1cc2occ(CC(=O)NCCCOCc3ccccc3)c2cc1C. The molecule has 0 spiro atoms. The van der Waals surface area contributed by atoms with Gasteiger partial charge in [0.2, 0.25) is 5.91 Å². The molecule has 4 nitrogen and oxygen atoms in total. The first-order valence-corrected chi connectivity index (χ1v) is 8.99. The topological polar surface area (TPSA) is 51.5 Å². The van der Waals surface area contributed by atoms with Crippen molar-refractivity contribution in [3.05, 3.63) is 71.0 Å². The van der Waals surface area contributed by atoms with Crippen molar-refractivity contribution < 1.29 is 13.9 Å². The Morgan fingerprint density at radius 2 is 1.88 bits per heavy atom. The molecule has 0 fully saturated rings. The minimum absolute atomic E-state index is 0.00832. The van der Waals surface area contributed by atoms with Crippen LogP contribution in [-0.4, -0.2) is 19.1 Å². The van der Waals surface area contributed by atoms with Gasteiger partial charge in [-0.15, -0.1) is 0 Å². The van der Waals surface area contributed by atoms with E-state index in [1.807, 2.05) is 36.4 Å². The summed E-state index contributed by atoms with van der Waals surface area (Å²) in [7, 11) is 0. The second kappa shape index (κ2) is 8.68. The fourth-order valence-corrected chi connectivity index (χ4v) is 2.87. The van der Waals surface area contributed by atoms with Crippen LogP contribution < -0.4 is 5.32 Å². The van der Waals surface area contributed by atoms with Crippen molar-refractivity contribution >= 4 is 16.9 Å². The molecule has 0 aliphatic carbocycles. The van der Waals surface area contributed by atoms with Crippen LogP contribution in [0.5, 0.6) is 0 Å². The molecule has 0 aliphatic heterocycles. The second-order valence-corrected chi connectivity index (χ2v) is 6.61. The smallest absolute Gasteiger partial charge is 0.224 e. The number of benzene rings is 2. The fourth-order valence-electron chi connectivity index (χ4n) is 2.87. The van der Waals surface area contributed by atoms with E-state index in [9.17, 15) is 4.79 Å². The third-order valence-corrected chi connectivity index (χ3v) is 4.52. The zero-order valence-corrected chi connectivity index (χ0v) is 15.4. The van der Waals surface area contributed by atoms with Crippen molar-refractivity contribution in [1.29, 1.82) is 0 Å². The highest BCUT2D eigenvalue weighted by Gasteiger charge is 2.11. The van der Waals surface area contributed by atoms with Crippen LogP contribution in [0, 0.1) is 13.8 Å². The summed E-state index contributed by atoms with van der Waals surface area (Å²) in [5.74, 6) is 0.00832. The van der Waals surface area contributed by atoms with E-state index in [0.29, 0.717) is 26.2 Å². The lowest BCUT2D eigenvalue weighted by Gasteiger charge is -2.06. The van der Waals surface area contributed by atoms with Gasteiger partial charge in [0.05, 0.1) is 19.3 Å². The van der Waals surface area contributed by atoms with Gasteiger partial charge in [0.25, 0.3) is 0 Å². The van der Waals surface area contributed by atoms with E-state index >= 15 is 0 Å². The maximum atomic E-state index is 12.2. The van der Waals surface area contributed by atoms with E-state index in [2.05, 4.69) is 25.2 Å². The zero-order valence-electron chi connectivity index (χ0n) is 15.4. The van der Waals surface area contributed by atoms with Crippen LogP contribution in [0.1, 0.15) is 28.7 Å². The van der Waals surface area contributed by atoms with Gasteiger partial charge in [0.1, 0.15) is 5.58 Å². The molecule has 0 saturated heterocycles. The Kier molecular flexibility index (Phi) is 6.08. The molecule has 0 unspecified atom stereocenters. The third-order valence-electron chi connectivity index (χ3n) is 4.52. The first-order chi connectivity index (χ1) is 12.6. The highest BCUT2D eigenvalue weighted by atomic mass is 16.5. The number of hydrogen-bond donors (Lipinski definition) is 1. The molecule has 3 aromatic rings. The first-order valence-electron chi connectivity index (χ1n) is 8.99. The van der Waals surface area contributed by atoms with Gasteiger partial charge in [-0.25, -0.2) is 0 Å². The fraction of sp³-hybridized carbons (Fsp3) is 0.318. The van der Waals surface area contributed by atoms with Gasteiger partial charge in [0, 0.05) is 24.1 Å². The van der Waals surface area contributed by atoms with Crippen LogP contribution in [0.3, 0.4) is 0 Å². The van der Waals surface area contributed by atoms with Gasteiger partial charge >= 0.3 is 0 Å². The van der Waals surface area contributed by atoms with E-state index in [-0.39, 0.29) is 5.91 Å². The standard InChI is InChI=1S/C22H25NO3/c1-16-11-20-19(15-26-21(20)12-17(16)2)13-22(24)23-9-6-10-25-14-18-7-4-3-5-8-18/h3-5,7-8,11-12,15H,6,9-10,13-14H2,1-2H3,(H,23,24). The van der Waals surface area contributed by atoms with Gasteiger partial charge in [-0.2, -0.15) is 0 Å². The first kappa shape index (κ1) is 18.2. The third kappa shape index (κ3) is 4.73. The highest BCUT2D eigenvalue weighted by Crippen LogP contribution is 2.25. The van der Waals surface area contributed by atoms with Gasteiger partial charge in [-0.1, -0.05) is 30.3 Å². The summed E-state index contributed by atoms with van der Waals surface area (Å²) < 4.78 is 11.2. The molecule has 26 heavy (non-hydrogen) atoms. The molecule has 0 radical (unpaired) electrons. The van der Waals surface area contributed by atoms with Crippen molar-refractivity contribution in [3.63, 3.8) is 0 Å². The second-order valence-electron chi connectivity index (χ2n) is 6.61. The van der Waals surface area contributed by atoms with Gasteiger partial charge in [0.15, 0.2) is 0 Å². The average Bonchev–Trinajstić information content (AvgIpc) is 3.01. The molecule has 1 N–H and O–H groups in total. The maximum Gasteiger partial charge on any atom is 0.224 e. The summed E-state index contributed by atoms with van der Waals surface area (Å²) in [6.45, 7) is 5.98. The monoisotopic (exact) mass is 351 g/mol. The number of carbonyl (C=O) groups excluding carboxylic acids is 1. The summed E-state index contributed by atoms with van der Waals surface area (Å²) >= 11 is 0. The van der Waals surface area contributed by atoms with Gasteiger partial charge < -0.3 is 14.5 Å². The Morgan fingerprint density at radius 3 is 2.69 bits per heavy atom. The number of rotatable bonds is 8. The molecule has 0 aliphatic rings. The molecule has 3 rings (SSSR count). The number of furan rings is 1. The minimum atomic E-state index is 0.00832. The number of nitrogens with one attached hydrogen (secondary N) is 1. The van der Waals surface area contributed by atoms with Crippen molar-refractivity contribution in [1.82, 2.24) is 5.32 Å². The highest BCUT2D eigenvalue weighted by molar-refractivity contribution is 5.88. The van der Waals surface area contributed by atoms with E-state index in [1.165, 1.54) is 11.1 Å². The number of ether oxygens (including phenoxy) is 1. The zero-order chi connectivity index (χ0) is 18.4. The summed E-state index contributed by atoms with van der Waals surface area (Å²) in [4.78, 5) is 12.2. The van der Waals surface area contributed by atoms with Crippen molar-refractivity contribution in [2.45, 2.75) is 33.3 Å². The van der Waals surface area contributed by atoms with Crippen LogP contribution in [-0.2, 0) is 22.6 Å². The lowest BCUT2D eigenvalue weighted by molar-refractivity contribution is -0.120.